The maximum Gasteiger partial charge on any atom is 0.409 e. The van der Waals surface area contributed by atoms with Crippen molar-refractivity contribution in [2.75, 3.05) is 33.4 Å². The summed E-state index contributed by atoms with van der Waals surface area (Å²) >= 11 is 0. The number of amides is 1. The summed E-state index contributed by atoms with van der Waals surface area (Å²) < 4.78 is 10.2. The normalized spacial score (nSPS) is 14.9. The standard InChI is InChI=1S/C18H29N5O3.HI/c1-4-19-17(20-13-15-7-6-8-16(21-15)25-3)22-14-9-11-23(12-10-14)18(24)26-5-2;/h6-8,14H,4-5,9-13H2,1-3H3,(H2,19,20,22);1H. The second-order valence-corrected chi connectivity index (χ2v) is 5.97. The monoisotopic (exact) mass is 491 g/mol. The van der Waals surface area contributed by atoms with Crippen LogP contribution in [0, 0.1) is 0 Å². The van der Waals surface area contributed by atoms with Crippen molar-refractivity contribution in [3.63, 3.8) is 0 Å². The summed E-state index contributed by atoms with van der Waals surface area (Å²) in [6.07, 6.45) is 1.50. The molecule has 2 N–H and O–H groups in total. The van der Waals surface area contributed by atoms with Gasteiger partial charge < -0.3 is 25.0 Å². The number of methoxy groups -OCH3 is 1. The quantitative estimate of drug-likeness (QED) is 0.361. The summed E-state index contributed by atoms with van der Waals surface area (Å²) in [5.41, 5.74) is 0.846. The smallest absolute Gasteiger partial charge is 0.409 e. The molecule has 9 heteroatoms. The number of hydrogen-bond donors (Lipinski definition) is 2. The largest absolute Gasteiger partial charge is 0.481 e. The van der Waals surface area contributed by atoms with Crippen LogP contribution in [0.3, 0.4) is 0 Å². The average Bonchev–Trinajstić information content (AvgIpc) is 2.67. The molecule has 0 bridgehead atoms. The zero-order chi connectivity index (χ0) is 18.8. The predicted molar refractivity (Wildman–Crippen MR) is 116 cm³/mol. The Balaban J connectivity index is 0.00000364. The molecule has 1 amide bonds. The molecule has 0 saturated carbocycles. The minimum atomic E-state index is -0.226. The molecule has 0 aromatic carbocycles. The van der Waals surface area contributed by atoms with E-state index >= 15 is 0 Å². The van der Waals surface area contributed by atoms with Crippen LogP contribution in [0.2, 0.25) is 0 Å². The van der Waals surface area contributed by atoms with E-state index in [4.69, 9.17) is 9.47 Å². The Morgan fingerprint density at radius 2 is 2.07 bits per heavy atom. The molecule has 1 aromatic rings. The lowest BCUT2D eigenvalue weighted by Gasteiger charge is -2.32. The number of ether oxygens (including phenoxy) is 2. The molecule has 0 atom stereocenters. The SMILES string of the molecule is CCNC(=NCc1cccc(OC)n1)NC1CCN(C(=O)OCC)CC1.I. The van der Waals surface area contributed by atoms with Crippen LogP contribution in [0.5, 0.6) is 5.88 Å². The third-order valence-electron chi connectivity index (χ3n) is 4.10. The molecule has 0 radical (unpaired) electrons. The minimum Gasteiger partial charge on any atom is -0.481 e. The van der Waals surface area contributed by atoms with Gasteiger partial charge in [-0.15, -0.1) is 24.0 Å². The highest BCUT2D eigenvalue weighted by Gasteiger charge is 2.24. The maximum atomic E-state index is 11.8. The molecule has 1 aromatic heterocycles. The molecule has 1 aliphatic rings. The second kappa shape index (κ2) is 12.6. The summed E-state index contributed by atoms with van der Waals surface area (Å²) in [6, 6.07) is 5.92. The van der Waals surface area contributed by atoms with Crippen molar-refractivity contribution >= 4 is 36.0 Å². The van der Waals surface area contributed by atoms with Gasteiger partial charge in [-0.1, -0.05) is 6.07 Å². The van der Waals surface area contributed by atoms with Crippen LogP contribution in [-0.4, -0.2) is 61.3 Å². The van der Waals surface area contributed by atoms with Crippen LogP contribution in [-0.2, 0) is 11.3 Å². The first kappa shape index (κ1) is 23.3. The highest BCUT2D eigenvalue weighted by atomic mass is 127. The molecule has 8 nitrogen and oxygen atoms in total. The topological polar surface area (TPSA) is 88.1 Å². The zero-order valence-corrected chi connectivity index (χ0v) is 18.6. The summed E-state index contributed by atoms with van der Waals surface area (Å²) in [6.45, 7) is 6.88. The molecule has 2 heterocycles. The van der Waals surface area contributed by atoms with Crippen molar-refractivity contribution in [1.29, 1.82) is 0 Å². The van der Waals surface area contributed by atoms with Gasteiger partial charge in [0.15, 0.2) is 5.96 Å². The Bertz CT molecular complexity index is 606. The molecule has 152 valence electrons. The molecular formula is C18H30IN5O3. The summed E-state index contributed by atoms with van der Waals surface area (Å²) in [5, 5.41) is 6.71. The molecule has 1 fully saturated rings. The lowest BCUT2D eigenvalue weighted by molar-refractivity contribution is 0.0963. The van der Waals surface area contributed by atoms with Gasteiger partial charge in [-0.2, -0.15) is 0 Å². The van der Waals surface area contributed by atoms with Crippen LogP contribution in [0.1, 0.15) is 32.4 Å². The van der Waals surface area contributed by atoms with E-state index in [2.05, 4.69) is 20.6 Å². The third-order valence-corrected chi connectivity index (χ3v) is 4.10. The number of carbonyl (C=O) groups is 1. The first-order valence-electron chi connectivity index (χ1n) is 9.12. The number of rotatable bonds is 6. The number of hydrogen-bond acceptors (Lipinski definition) is 5. The highest BCUT2D eigenvalue weighted by Crippen LogP contribution is 2.12. The summed E-state index contributed by atoms with van der Waals surface area (Å²) in [4.78, 5) is 22.5. The van der Waals surface area contributed by atoms with Gasteiger partial charge in [-0.05, 0) is 32.8 Å². The number of carbonyl (C=O) groups excluding carboxylic acids is 1. The first-order valence-corrected chi connectivity index (χ1v) is 9.12. The lowest BCUT2D eigenvalue weighted by atomic mass is 10.1. The van der Waals surface area contributed by atoms with Gasteiger partial charge in [0.05, 0.1) is 26.0 Å². The fourth-order valence-electron chi connectivity index (χ4n) is 2.75. The number of aliphatic imine (C=N–C) groups is 1. The number of nitrogens with zero attached hydrogens (tertiary/aromatic N) is 3. The van der Waals surface area contributed by atoms with Crippen molar-refractivity contribution in [2.45, 2.75) is 39.3 Å². The predicted octanol–water partition coefficient (Wildman–Crippen LogP) is 2.38. The molecule has 0 aliphatic carbocycles. The lowest BCUT2D eigenvalue weighted by Crippen LogP contribution is -2.49. The Labute approximate surface area is 178 Å². The number of guanidine groups is 1. The van der Waals surface area contributed by atoms with E-state index in [1.165, 1.54) is 0 Å². The van der Waals surface area contributed by atoms with E-state index in [0.717, 1.165) is 31.0 Å². The van der Waals surface area contributed by atoms with Gasteiger partial charge >= 0.3 is 6.09 Å². The number of nitrogens with one attached hydrogen (secondary N) is 2. The Hall–Kier alpha value is -1.78. The van der Waals surface area contributed by atoms with Crippen molar-refractivity contribution in [3.8, 4) is 5.88 Å². The van der Waals surface area contributed by atoms with Crippen LogP contribution in [0.4, 0.5) is 4.79 Å². The Morgan fingerprint density at radius 3 is 2.70 bits per heavy atom. The van der Waals surface area contributed by atoms with E-state index < -0.39 is 0 Å². The van der Waals surface area contributed by atoms with E-state index in [-0.39, 0.29) is 36.1 Å². The maximum absolute atomic E-state index is 11.8. The number of likely N-dealkylation sites (tertiary alicyclic amines) is 1. The van der Waals surface area contributed by atoms with Crippen molar-refractivity contribution < 1.29 is 14.3 Å². The van der Waals surface area contributed by atoms with Gasteiger partial charge in [-0.3, -0.25) is 0 Å². The average molecular weight is 491 g/mol. The van der Waals surface area contributed by atoms with E-state index in [9.17, 15) is 4.79 Å². The molecule has 1 saturated heterocycles. The molecule has 27 heavy (non-hydrogen) atoms. The second-order valence-electron chi connectivity index (χ2n) is 5.97. The highest BCUT2D eigenvalue weighted by molar-refractivity contribution is 14.0. The van der Waals surface area contributed by atoms with Gasteiger partial charge in [0, 0.05) is 31.7 Å². The van der Waals surface area contributed by atoms with Gasteiger partial charge in [0.2, 0.25) is 5.88 Å². The van der Waals surface area contributed by atoms with Crippen molar-refractivity contribution in [3.05, 3.63) is 23.9 Å². The van der Waals surface area contributed by atoms with Crippen LogP contribution < -0.4 is 15.4 Å². The van der Waals surface area contributed by atoms with Crippen molar-refractivity contribution in [1.82, 2.24) is 20.5 Å². The number of halogens is 1. The minimum absolute atomic E-state index is 0. The Kier molecular flexibility index (Phi) is 10.8. The van der Waals surface area contributed by atoms with Gasteiger partial charge in [0.1, 0.15) is 0 Å². The van der Waals surface area contributed by atoms with Crippen molar-refractivity contribution in [2.24, 2.45) is 4.99 Å². The number of aromatic nitrogens is 1. The molecule has 2 rings (SSSR count). The molecule has 0 unspecified atom stereocenters. The Morgan fingerprint density at radius 1 is 1.33 bits per heavy atom. The summed E-state index contributed by atoms with van der Waals surface area (Å²) in [5.74, 6) is 1.34. The molecule has 1 aliphatic heterocycles. The van der Waals surface area contributed by atoms with Crippen LogP contribution in [0.25, 0.3) is 0 Å². The van der Waals surface area contributed by atoms with Gasteiger partial charge in [-0.25, -0.2) is 14.8 Å². The van der Waals surface area contributed by atoms with E-state index in [1.54, 1.807) is 12.0 Å². The van der Waals surface area contributed by atoms with Gasteiger partial charge in [0.25, 0.3) is 0 Å². The fraction of sp³-hybridized carbons (Fsp3) is 0.611. The zero-order valence-electron chi connectivity index (χ0n) is 16.2. The van der Waals surface area contributed by atoms with Crippen LogP contribution >= 0.6 is 24.0 Å². The number of pyridine rings is 1. The molecular weight excluding hydrogens is 461 g/mol. The fourth-order valence-corrected chi connectivity index (χ4v) is 2.75. The first-order chi connectivity index (χ1) is 12.7. The van der Waals surface area contributed by atoms with Crippen LogP contribution in [0.15, 0.2) is 23.2 Å². The van der Waals surface area contributed by atoms with E-state index in [0.29, 0.717) is 32.1 Å². The third kappa shape index (κ3) is 7.77. The van der Waals surface area contributed by atoms with E-state index in [1.807, 2.05) is 32.0 Å². The molecule has 0 spiro atoms. The number of piperidine rings is 1. The summed E-state index contributed by atoms with van der Waals surface area (Å²) in [7, 11) is 1.60.